The monoisotopic (exact) mass is 133 g/mol. The van der Waals surface area contributed by atoms with Gasteiger partial charge in [-0.1, -0.05) is 0 Å². The molecule has 0 fully saturated rings. The zero-order chi connectivity index (χ0) is 5.91. The molecular formula is C2H6LiO4S. The van der Waals surface area contributed by atoms with Crippen molar-refractivity contribution >= 4 is 29.3 Å². The molecule has 0 aromatic rings. The minimum Gasteiger partial charge on any atom is -0.252 e. The van der Waals surface area contributed by atoms with Crippen LogP contribution in [0.1, 0.15) is 0 Å². The second-order valence-corrected chi connectivity index (χ2v) is 2.22. The van der Waals surface area contributed by atoms with Crippen molar-refractivity contribution in [2.24, 2.45) is 0 Å². The summed E-state index contributed by atoms with van der Waals surface area (Å²) in [6.07, 6.45) is 0. The van der Waals surface area contributed by atoms with Gasteiger partial charge in [-0.25, -0.2) is 0 Å². The molecule has 0 saturated heterocycles. The van der Waals surface area contributed by atoms with Crippen molar-refractivity contribution in [1.29, 1.82) is 0 Å². The zero-order valence-electron chi connectivity index (χ0n) is 5.04. The van der Waals surface area contributed by atoms with Gasteiger partial charge in [-0.2, -0.15) is 8.42 Å². The summed E-state index contributed by atoms with van der Waals surface area (Å²) in [4.78, 5) is 0. The molecule has 6 heteroatoms. The smallest absolute Gasteiger partial charge is 0.252 e. The minimum absolute atomic E-state index is 0. The molecule has 0 aliphatic carbocycles. The van der Waals surface area contributed by atoms with E-state index in [1.165, 1.54) is 0 Å². The molecule has 0 unspecified atom stereocenters. The van der Waals surface area contributed by atoms with Gasteiger partial charge in [0, 0.05) is 18.9 Å². The fourth-order valence-corrected chi connectivity index (χ4v) is 0.204. The zero-order valence-corrected chi connectivity index (χ0v) is 5.86. The van der Waals surface area contributed by atoms with Crippen LogP contribution in [0.25, 0.3) is 0 Å². The Kier molecular flexibility index (Phi) is 6.15. The summed E-state index contributed by atoms with van der Waals surface area (Å²) in [6, 6.07) is 0. The maximum Gasteiger partial charge on any atom is 0.399 e. The maximum atomic E-state index is 9.92. The van der Waals surface area contributed by atoms with E-state index in [1.54, 1.807) is 0 Å². The minimum atomic E-state index is -3.66. The Bertz CT molecular complexity index is 117. The first-order chi connectivity index (χ1) is 3.12. The number of hydrogen-bond donors (Lipinski definition) is 0. The normalized spacial score (nSPS) is 10.2. The van der Waals surface area contributed by atoms with Crippen molar-refractivity contribution < 1.29 is 16.8 Å². The summed E-state index contributed by atoms with van der Waals surface area (Å²) >= 11 is 0. The van der Waals surface area contributed by atoms with Gasteiger partial charge in [0.2, 0.25) is 0 Å². The molecule has 4 nitrogen and oxygen atoms in total. The van der Waals surface area contributed by atoms with Crippen molar-refractivity contribution in [3.05, 3.63) is 0 Å². The van der Waals surface area contributed by atoms with Gasteiger partial charge < -0.3 is 0 Å². The van der Waals surface area contributed by atoms with Gasteiger partial charge in [0.05, 0.1) is 14.2 Å². The van der Waals surface area contributed by atoms with E-state index in [0.29, 0.717) is 0 Å². The predicted molar refractivity (Wildman–Crippen MR) is 28.7 cm³/mol. The SMILES string of the molecule is COS(=O)(=O)OC.[Li]. The molecule has 0 aliphatic heterocycles. The molecule has 0 aromatic heterocycles. The summed E-state index contributed by atoms with van der Waals surface area (Å²) < 4.78 is 27.5. The van der Waals surface area contributed by atoms with Gasteiger partial charge >= 0.3 is 10.4 Å². The molecule has 0 atom stereocenters. The average Bonchev–Trinajstić information content (AvgIpc) is 1.68. The molecule has 0 saturated carbocycles. The third-order valence-corrected chi connectivity index (χ3v) is 1.22. The van der Waals surface area contributed by atoms with Gasteiger partial charge in [-0.05, 0) is 0 Å². The van der Waals surface area contributed by atoms with Crippen molar-refractivity contribution in [1.82, 2.24) is 0 Å². The molecule has 0 heterocycles. The molecule has 0 rings (SSSR count). The Balaban J connectivity index is 0. The fourth-order valence-electron chi connectivity index (χ4n) is 0.0680. The summed E-state index contributed by atoms with van der Waals surface area (Å²) in [5, 5.41) is 0. The van der Waals surface area contributed by atoms with Crippen LogP contribution in [-0.4, -0.2) is 41.5 Å². The Morgan fingerprint density at radius 1 is 1.12 bits per heavy atom. The van der Waals surface area contributed by atoms with Crippen molar-refractivity contribution in [3.8, 4) is 0 Å². The average molecular weight is 133 g/mol. The largest absolute Gasteiger partial charge is 0.399 e. The molecule has 0 N–H and O–H groups in total. The van der Waals surface area contributed by atoms with Crippen molar-refractivity contribution in [3.63, 3.8) is 0 Å². The molecular weight excluding hydrogens is 127 g/mol. The summed E-state index contributed by atoms with van der Waals surface area (Å²) in [5.74, 6) is 0. The first-order valence-electron chi connectivity index (χ1n) is 1.48. The van der Waals surface area contributed by atoms with E-state index in [0.717, 1.165) is 14.2 Å². The van der Waals surface area contributed by atoms with Crippen LogP contribution >= 0.6 is 0 Å². The molecule has 0 bridgehead atoms. The molecule has 45 valence electrons. The quantitative estimate of drug-likeness (QED) is 0.460. The van der Waals surface area contributed by atoms with Crippen LogP contribution in [0.2, 0.25) is 0 Å². The summed E-state index contributed by atoms with van der Waals surface area (Å²) in [6.45, 7) is 0. The summed E-state index contributed by atoms with van der Waals surface area (Å²) in [7, 11) is -1.60. The molecule has 0 aromatic carbocycles. The third-order valence-electron chi connectivity index (χ3n) is 0.408. The molecule has 0 amide bonds. The predicted octanol–water partition coefficient (Wildman–Crippen LogP) is -0.857. The van der Waals surface area contributed by atoms with Crippen LogP contribution in [0.15, 0.2) is 0 Å². The number of hydrogen-bond acceptors (Lipinski definition) is 4. The van der Waals surface area contributed by atoms with Gasteiger partial charge in [-0.15, -0.1) is 0 Å². The molecule has 0 aliphatic rings. The van der Waals surface area contributed by atoms with Crippen molar-refractivity contribution in [2.45, 2.75) is 0 Å². The first-order valence-corrected chi connectivity index (χ1v) is 2.82. The van der Waals surface area contributed by atoms with E-state index >= 15 is 0 Å². The van der Waals surface area contributed by atoms with Crippen LogP contribution in [0.5, 0.6) is 0 Å². The second-order valence-electron chi connectivity index (χ2n) is 0.742. The molecule has 0 spiro atoms. The Morgan fingerprint density at radius 2 is 1.38 bits per heavy atom. The van der Waals surface area contributed by atoms with Crippen LogP contribution in [0, 0.1) is 0 Å². The van der Waals surface area contributed by atoms with E-state index in [1.807, 2.05) is 0 Å². The van der Waals surface area contributed by atoms with Gasteiger partial charge in [0.1, 0.15) is 0 Å². The van der Waals surface area contributed by atoms with Crippen LogP contribution in [0.4, 0.5) is 0 Å². The van der Waals surface area contributed by atoms with E-state index < -0.39 is 10.4 Å². The van der Waals surface area contributed by atoms with Crippen LogP contribution in [0.3, 0.4) is 0 Å². The topological polar surface area (TPSA) is 52.6 Å². The van der Waals surface area contributed by atoms with Gasteiger partial charge in [-0.3, -0.25) is 8.37 Å². The Hall–Kier alpha value is 0.467. The van der Waals surface area contributed by atoms with Crippen LogP contribution < -0.4 is 0 Å². The molecule has 8 heavy (non-hydrogen) atoms. The summed E-state index contributed by atoms with van der Waals surface area (Å²) in [5.41, 5.74) is 0. The Labute approximate surface area is 60.7 Å². The molecule has 1 radical (unpaired) electrons. The second kappa shape index (κ2) is 4.36. The Morgan fingerprint density at radius 3 is 1.38 bits per heavy atom. The van der Waals surface area contributed by atoms with E-state index in [4.69, 9.17) is 0 Å². The van der Waals surface area contributed by atoms with E-state index in [2.05, 4.69) is 8.37 Å². The van der Waals surface area contributed by atoms with Crippen molar-refractivity contribution in [2.75, 3.05) is 14.2 Å². The van der Waals surface area contributed by atoms with Gasteiger partial charge in [0.15, 0.2) is 0 Å². The van der Waals surface area contributed by atoms with Gasteiger partial charge in [0.25, 0.3) is 0 Å². The standard InChI is InChI=1S/C2H6O4S.Li/c1-5-7(3,4)6-2;/h1-2H3;. The number of rotatable bonds is 2. The third kappa shape index (κ3) is 4.62. The fraction of sp³-hybridized carbons (Fsp3) is 1.00. The first kappa shape index (κ1) is 11.3. The van der Waals surface area contributed by atoms with E-state index in [9.17, 15) is 8.42 Å². The van der Waals surface area contributed by atoms with E-state index in [-0.39, 0.29) is 18.9 Å². The maximum absolute atomic E-state index is 9.92. The van der Waals surface area contributed by atoms with Crippen LogP contribution in [-0.2, 0) is 18.8 Å².